The average molecular weight is 292 g/mol. The molecule has 1 aromatic rings. The predicted octanol–water partition coefficient (Wildman–Crippen LogP) is 2.87. The Morgan fingerprint density at radius 2 is 2.29 bits per heavy atom. The number of nitrogens with zero attached hydrogens (tertiary/aromatic N) is 1. The van der Waals surface area contributed by atoms with Crippen LogP contribution in [0.3, 0.4) is 0 Å². The molecule has 0 aliphatic heterocycles. The molecule has 2 atom stereocenters. The topological polar surface area (TPSA) is 50.7 Å². The van der Waals surface area contributed by atoms with Gasteiger partial charge in [0.1, 0.15) is 5.82 Å². The van der Waals surface area contributed by atoms with Gasteiger partial charge in [0.2, 0.25) is 0 Å². The SMILES string of the molecule is C[C@@H]1CCCC[C@H]1NC(=O)CO/N=C\c1cccc(F)c1. The molecule has 1 aliphatic rings. The Morgan fingerprint density at radius 3 is 3.05 bits per heavy atom. The van der Waals surface area contributed by atoms with Crippen molar-refractivity contribution >= 4 is 12.1 Å². The summed E-state index contributed by atoms with van der Waals surface area (Å²) in [6.45, 7) is 2.04. The largest absolute Gasteiger partial charge is 0.386 e. The lowest BCUT2D eigenvalue weighted by Gasteiger charge is -2.29. The van der Waals surface area contributed by atoms with E-state index in [1.54, 1.807) is 12.1 Å². The summed E-state index contributed by atoms with van der Waals surface area (Å²) in [5, 5.41) is 6.66. The molecule has 1 fully saturated rings. The summed E-state index contributed by atoms with van der Waals surface area (Å²) in [6, 6.07) is 6.24. The number of nitrogens with one attached hydrogen (secondary N) is 1. The summed E-state index contributed by atoms with van der Waals surface area (Å²) in [5.74, 6) is 0.0200. The van der Waals surface area contributed by atoms with Crippen LogP contribution < -0.4 is 5.32 Å². The quantitative estimate of drug-likeness (QED) is 0.670. The minimum Gasteiger partial charge on any atom is -0.386 e. The Hall–Kier alpha value is -1.91. The molecule has 0 heterocycles. The van der Waals surface area contributed by atoms with E-state index in [9.17, 15) is 9.18 Å². The second kappa shape index (κ2) is 7.76. The number of rotatable bonds is 5. The number of hydrogen-bond donors (Lipinski definition) is 1. The molecule has 1 N–H and O–H groups in total. The maximum Gasteiger partial charge on any atom is 0.261 e. The van der Waals surface area contributed by atoms with E-state index in [0.29, 0.717) is 11.5 Å². The van der Waals surface area contributed by atoms with Gasteiger partial charge >= 0.3 is 0 Å². The summed E-state index contributed by atoms with van der Waals surface area (Å²) in [6.07, 6.45) is 5.97. The Labute approximate surface area is 124 Å². The molecule has 0 bridgehead atoms. The fraction of sp³-hybridized carbons (Fsp3) is 0.500. The molecule has 1 aliphatic carbocycles. The van der Waals surface area contributed by atoms with Crippen LogP contribution in [0.5, 0.6) is 0 Å². The third-order valence-electron chi connectivity index (χ3n) is 3.78. The lowest BCUT2D eigenvalue weighted by molar-refractivity contribution is -0.126. The van der Waals surface area contributed by atoms with Crippen LogP contribution in [0.4, 0.5) is 4.39 Å². The fourth-order valence-corrected chi connectivity index (χ4v) is 2.56. The second-order valence-corrected chi connectivity index (χ2v) is 5.50. The molecule has 0 radical (unpaired) electrons. The van der Waals surface area contributed by atoms with Gasteiger partial charge in [0.15, 0.2) is 6.61 Å². The van der Waals surface area contributed by atoms with Crippen molar-refractivity contribution in [2.75, 3.05) is 6.61 Å². The van der Waals surface area contributed by atoms with Crippen LogP contribution in [0.25, 0.3) is 0 Å². The highest BCUT2D eigenvalue weighted by molar-refractivity contribution is 5.79. The van der Waals surface area contributed by atoms with Gasteiger partial charge in [-0.1, -0.05) is 37.1 Å². The zero-order valence-electron chi connectivity index (χ0n) is 12.2. The molecule has 2 rings (SSSR count). The molecule has 0 spiro atoms. The Bertz CT molecular complexity index is 505. The van der Waals surface area contributed by atoms with Gasteiger partial charge in [-0.05, 0) is 36.5 Å². The van der Waals surface area contributed by atoms with Crippen molar-refractivity contribution in [3.05, 3.63) is 35.6 Å². The molecular weight excluding hydrogens is 271 g/mol. The van der Waals surface area contributed by atoms with E-state index in [1.807, 2.05) is 0 Å². The number of benzene rings is 1. The van der Waals surface area contributed by atoms with Crippen LogP contribution in [-0.4, -0.2) is 24.8 Å². The van der Waals surface area contributed by atoms with Crippen LogP contribution in [0.15, 0.2) is 29.4 Å². The highest BCUT2D eigenvalue weighted by atomic mass is 19.1. The minimum absolute atomic E-state index is 0.116. The summed E-state index contributed by atoms with van der Waals surface area (Å²) in [7, 11) is 0. The molecule has 1 saturated carbocycles. The molecule has 1 aromatic carbocycles. The van der Waals surface area contributed by atoms with Crippen molar-refractivity contribution in [1.82, 2.24) is 5.32 Å². The zero-order chi connectivity index (χ0) is 15.1. The standard InChI is InChI=1S/C16H21FN2O2/c1-12-5-2-3-8-15(12)19-16(20)11-21-18-10-13-6-4-7-14(17)9-13/h4,6-7,9-10,12,15H,2-3,5,8,11H2,1H3,(H,19,20)/b18-10-/t12-,15-/m1/s1. The maximum atomic E-state index is 12.9. The van der Waals surface area contributed by atoms with Gasteiger partial charge < -0.3 is 10.2 Å². The number of carbonyl (C=O) groups excluding carboxylic acids is 1. The first-order valence-corrected chi connectivity index (χ1v) is 7.35. The molecule has 21 heavy (non-hydrogen) atoms. The van der Waals surface area contributed by atoms with Crippen molar-refractivity contribution in [2.24, 2.45) is 11.1 Å². The smallest absolute Gasteiger partial charge is 0.261 e. The molecule has 4 nitrogen and oxygen atoms in total. The van der Waals surface area contributed by atoms with Gasteiger partial charge in [-0.15, -0.1) is 0 Å². The third-order valence-corrected chi connectivity index (χ3v) is 3.78. The van der Waals surface area contributed by atoms with E-state index < -0.39 is 0 Å². The zero-order valence-corrected chi connectivity index (χ0v) is 12.2. The summed E-state index contributed by atoms with van der Waals surface area (Å²) >= 11 is 0. The van der Waals surface area contributed by atoms with Crippen molar-refractivity contribution in [3.8, 4) is 0 Å². The van der Waals surface area contributed by atoms with Crippen molar-refractivity contribution in [1.29, 1.82) is 0 Å². The first-order valence-electron chi connectivity index (χ1n) is 7.35. The van der Waals surface area contributed by atoms with E-state index in [2.05, 4.69) is 17.4 Å². The van der Waals surface area contributed by atoms with E-state index in [0.717, 1.165) is 19.3 Å². The van der Waals surface area contributed by atoms with Crippen LogP contribution in [0.2, 0.25) is 0 Å². The molecule has 0 aromatic heterocycles. The summed E-state index contributed by atoms with van der Waals surface area (Å²) in [5.41, 5.74) is 0.594. The van der Waals surface area contributed by atoms with Crippen LogP contribution in [0, 0.1) is 11.7 Å². The van der Waals surface area contributed by atoms with Gasteiger partial charge in [-0.25, -0.2) is 4.39 Å². The molecular formula is C16H21FN2O2. The minimum atomic E-state index is -0.331. The molecule has 1 amide bonds. The number of amides is 1. The van der Waals surface area contributed by atoms with E-state index in [1.165, 1.54) is 24.8 Å². The van der Waals surface area contributed by atoms with Gasteiger partial charge in [0.05, 0.1) is 6.21 Å². The normalized spacial score (nSPS) is 22.2. The summed E-state index contributed by atoms with van der Waals surface area (Å²) in [4.78, 5) is 16.7. The van der Waals surface area contributed by atoms with Crippen molar-refractivity contribution < 1.29 is 14.0 Å². The number of hydrogen-bond acceptors (Lipinski definition) is 3. The van der Waals surface area contributed by atoms with E-state index in [4.69, 9.17) is 4.84 Å². The molecule has 0 unspecified atom stereocenters. The average Bonchev–Trinajstić information content (AvgIpc) is 2.46. The monoisotopic (exact) mass is 292 g/mol. The first-order chi connectivity index (χ1) is 10.1. The van der Waals surface area contributed by atoms with Crippen LogP contribution in [-0.2, 0) is 9.63 Å². The fourth-order valence-electron chi connectivity index (χ4n) is 2.56. The molecule has 0 saturated heterocycles. The highest BCUT2D eigenvalue weighted by Gasteiger charge is 2.22. The first kappa shape index (κ1) is 15.5. The van der Waals surface area contributed by atoms with Crippen molar-refractivity contribution in [3.63, 3.8) is 0 Å². The van der Waals surface area contributed by atoms with E-state index in [-0.39, 0.29) is 24.4 Å². The Balaban J connectivity index is 1.71. The van der Waals surface area contributed by atoms with Gasteiger partial charge in [-0.3, -0.25) is 4.79 Å². The highest BCUT2D eigenvalue weighted by Crippen LogP contribution is 2.23. The maximum absolute atomic E-state index is 12.9. The lowest BCUT2D eigenvalue weighted by Crippen LogP contribution is -2.42. The van der Waals surface area contributed by atoms with Crippen molar-refractivity contribution in [2.45, 2.75) is 38.6 Å². The van der Waals surface area contributed by atoms with Gasteiger partial charge in [0.25, 0.3) is 5.91 Å². The summed E-state index contributed by atoms with van der Waals surface area (Å²) < 4.78 is 12.9. The Kier molecular flexibility index (Phi) is 5.72. The van der Waals surface area contributed by atoms with Crippen LogP contribution >= 0.6 is 0 Å². The number of carbonyl (C=O) groups is 1. The lowest BCUT2D eigenvalue weighted by atomic mass is 9.86. The predicted molar refractivity (Wildman–Crippen MR) is 79.5 cm³/mol. The Morgan fingerprint density at radius 1 is 1.48 bits per heavy atom. The molecule has 114 valence electrons. The number of halogens is 1. The second-order valence-electron chi connectivity index (χ2n) is 5.50. The molecule has 5 heteroatoms. The van der Waals surface area contributed by atoms with E-state index >= 15 is 0 Å². The van der Waals surface area contributed by atoms with Gasteiger partial charge in [-0.2, -0.15) is 0 Å². The third kappa shape index (κ3) is 5.17. The van der Waals surface area contributed by atoms with Crippen LogP contribution in [0.1, 0.15) is 38.2 Å². The van der Waals surface area contributed by atoms with Gasteiger partial charge in [0, 0.05) is 6.04 Å². The number of oxime groups is 1.